The van der Waals surface area contributed by atoms with Gasteiger partial charge < -0.3 is 5.32 Å². The van der Waals surface area contributed by atoms with Crippen LogP contribution in [0.1, 0.15) is 46.1 Å². The quantitative estimate of drug-likeness (QED) is 0.746. The molecule has 0 radical (unpaired) electrons. The molecule has 0 bridgehead atoms. The van der Waals surface area contributed by atoms with Gasteiger partial charge in [-0.05, 0) is 44.7 Å². The molecule has 1 atom stereocenters. The Hall–Kier alpha value is -0.860. The fourth-order valence-corrected chi connectivity index (χ4v) is 3.03. The van der Waals surface area contributed by atoms with E-state index in [1.807, 2.05) is 0 Å². The molecule has 2 rings (SSSR count). The number of likely N-dealkylation sites (N-methyl/N-ethyl adjacent to an activating group) is 1. The molecule has 0 heterocycles. The van der Waals surface area contributed by atoms with E-state index in [0.717, 1.165) is 25.6 Å². The van der Waals surface area contributed by atoms with E-state index in [0.29, 0.717) is 6.04 Å². The zero-order valence-electron chi connectivity index (χ0n) is 14.2. The van der Waals surface area contributed by atoms with Crippen LogP contribution in [0.5, 0.6) is 0 Å². The molecule has 1 fully saturated rings. The first-order valence-corrected chi connectivity index (χ1v) is 8.55. The lowest BCUT2D eigenvalue weighted by atomic mass is 9.81. The van der Waals surface area contributed by atoms with Crippen LogP contribution in [-0.2, 0) is 5.41 Å². The molecule has 1 aromatic carbocycles. The van der Waals surface area contributed by atoms with E-state index in [9.17, 15) is 0 Å². The van der Waals surface area contributed by atoms with Gasteiger partial charge in [-0.15, -0.1) is 0 Å². The molecule has 21 heavy (non-hydrogen) atoms. The minimum atomic E-state index is 0.177. The van der Waals surface area contributed by atoms with E-state index in [1.54, 1.807) is 0 Å². The standard InChI is InChI=1S/C19H32N2/c1-5-20-14-19(4,18-9-7-6-8-10-18)15-21(16(2)3)13-17-11-12-17/h6-10,16-17,20H,5,11-15H2,1-4H3. The monoisotopic (exact) mass is 288 g/mol. The molecule has 1 unspecified atom stereocenters. The fraction of sp³-hybridized carbons (Fsp3) is 0.684. The van der Waals surface area contributed by atoms with E-state index in [-0.39, 0.29) is 5.41 Å². The predicted molar refractivity (Wildman–Crippen MR) is 91.8 cm³/mol. The summed E-state index contributed by atoms with van der Waals surface area (Å²) in [6.07, 6.45) is 2.86. The van der Waals surface area contributed by atoms with Crippen molar-refractivity contribution in [1.29, 1.82) is 0 Å². The summed E-state index contributed by atoms with van der Waals surface area (Å²) in [6.45, 7) is 13.8. The van der Waals surface area contributed by atoms with Gasteiger partial charge in [0.15, 0.2) is 0 Å². The van der Waals surface area contributed by atoms with Crippen LogP contribution in [0.3, 0.4) is 0 Å². The van der Waals surface area contributed by atoms with Crippen molar-refractivity contribution in [3.63, 3.8) is 0 Å². The lowest BCUT2D eigenvalue weighted by molar-refractivity contribution is 0.165. The maximum Gasteiger partial charge on any atom is 0.0177 e. The van der Waals surface area contributed by atoms with E-state index in [1.165, 1.54) is 24.9 Å². The summed E-state index contributed by atoms with van der Waals surface area (Å²) in [5, 5.41) is 3.57. The average Bonchev–Trinajstić information content (AvgIpc) is 3.29. The molecule has 0 amide bonds. The van der Waals surface area contributed by atoms with Crippen LogP contribution in [0.4, 0.5) is 0 Å². The molecular formula is C19H32N2. The van der Waals surface area contributed by atoms with E-state index < -0.39 is 0 Å². The minimum absolute atomic E-state index is 0.177. The summed E-state index contributed by atoms with van der Waals surface area (Å²) in [7, 11) is 0. The van der Waals surface area contributed by atoms with Gasteiger partial charge in [-0.2, -0.15) is 0 Å². The summed E-state index contributed by atoms with van der Waals surface area (Å²) in [5.74, 6) is 0.951. The third-order valence-corrected chi connectivity index (χ3v) is 4.71. The van der Waals surface area contributed by atoms with Crippen LogP contribution in [0, 0.1) is 5.92 Å². The Labute approximate surface area is 130 Å². The molecule has 0 spiro atoms. The molecule has 1 aliphatic carbocycles. The Morgan fingerprint density at radius 2 is 1.90 bits per heavy atom. The highest BCUT2D eigenvalue weighted by atomic mass is 15.2. The highest BCUT2D eigenvalue weighted by Gasteiger charge is 2.32. The Kier molecular flexibility index (Phi) is 5.83. The van der Waals surface area contributed by atoms with Crippen LogP contribution in [0.25, 0.3) is 0 Å². The fourth-order valence-electron chi connectivity index (χ4n) is 3.03. The molecule has 2 heteroatoms. The molecule has 1 N–H and O–H groups in total. The van der Waals surface area contributed by atoms with E-state index >= 15 is 0 Å². The summed E-state index contributed by atoms with van der Waals surface area (Å²) < 4.78 is 0. The van der Waals surface area contributed by atoms with Gasteiger partial charge in [0.05, 0.1) is 0 Å². The molecule has 0 saturated heterocycles. The van der Waals surface area contributed by atoms with Crippen molar-refractivity contribution in [3.05, 3.63) is 35.9 Å². The smallest absolute Gasteiger partial charge is 0.0177 e. The van der Waals surface area contributed by atoms with Crippen molar-refractivity contribution in [3.8, 4) is 0 Å². The largest absolute Gasteiger partial charge is 0.316 e. The van der Waals surface area contributed by atoms with Gasteiger partial charge in [0.1, 0.15) is 0 Å². The molecule has 1 aliphatic rings. The number of nitrogens with one attached hydrogen (secondary N) is 1. The van der Waals surface area contributed by atoms with Crippen molar-refractivity contribution in [2.24, 2.45) is 5.92 Å². The third kappa shape index (κ3) is 4.82. The summed E-state index contributed by atoms with van der Waals surface area (Å²) in [5.41, 5.74) is 1.63. The van der Waals surface area contributed by atoms with Gasteiger partial charge in [0, 0.05) is 31.1 Å². The van der Waals surface area contributed by atoms with Crippen molar-refractivity contribution >= 4 is 0 Å². The molecule has 118 valence electrons. The number of hydrogen-bond acceptors (Lipinski definition) is 2. The first-order chi connectivity index (χ1) is 10.0. The summed E-state index contributed by atoms with van der Waals surface area (Å²) in [4.78, 5) is 2.68. The molecule has 1 aromatic rings. The zero-order chi connectivity index (χ0) is 15.3. The lowest BCUT2D eigenvalue weighted by Crippen LogP contribution is -2.48. The lowest BCUT2D eigenvalue weighted by Gasteiger charge is -2.38. The maximum absolute atomic E-state index is 3.57. The van der Waals surface area contributed by atoms with Crippen LogP contribution < -0.4 is 5.32 Å². The van der Waals surface area contributed by atoms with Gasteiger partial charge in [-0.3, -0.25) is 4.90 Å². The van der Waals surface area contributed by atoms with Gasteiger partial charge in [0.2, 0.25) is 0 Å². The van der Waals surface area contributed by atoms with E-state index in [4.69, 9.17) is 0 Å². The minimum Gasteiger partial charge on any atom is -0.316 e. The number of benzene rings is 1. The molecule has 0 aliphatic heterocycles. The Bertz CT molecular complexity index is 411. The van der Waals surface area contributed by atoms with Crippen LogP contribution >= 0.6 is 0 Å². The van der Waals surface area contributed by atoms with Gasteiger partial charge >= 0.3 is 0 Å². The second-order valence-corrected chi connectivity index (χ2v) is 7.17. The van der Waals surface area contributed by atoms with Crippen molar-refractivity contribution < 1.29 is 0 Å². The average molecular weight is 288 g/mol. The Balaban J connectivity index is 2.13. The van der Waals surface area contributed by atoms with Crippen molar-refractivity contribution in [2.45, 2.75) is 52.0 Å². The first-order valence-electron chi connectivity index (χ1n) is 8.55. The van der Waals surface area contributed by atoms with Gasteiger partial charge in [-0.1, -0.05) is 44.2 Å². The zero-order valence-corrected chi connectivity index (χ0v) is 14.2. The number of rotatable bonds is 9. The Morgan fingerprint density at radius 1 is 1.24 bits per heavy atom. The SMILES string of the molecule is CCNCC(C)(CN(CC1CC1)C(C)C)c1ccccc1. The third-order valence-electron chi connectivity index (χ3n) is 4.71. The summed E-state index contributed by atoms with van der Waals surface area (Å²) >= 11 is 0. The highest BCUT2D eigenvalue weighted by Crippen LogP contribution is 2.32. The van der Waals surface area contributed by atoms with Gasteiger partial charge in [0.25, 0.3) is 0 Å². The van der Waals surface area contributed by atoms with Crippen LogP contribution in [0.2, 0.25) is 0 Å². The molecule has 0 aromatic heterocycles. The van der Waals surface area contributed by atoms with Crippen molar-refractivity contribution in [1.82, 2.24) is 10.2 Å². The van der Waals surface area contributed by atoms with E-state index in [2.05, 4.69) is 68.2 Å². The maximum atomic E-state index is 3.57. The molecule has 2 nitrogen and oxygen atoms in total. The topological polar surface area (TPSA) is 15.3 Å². The van der Waals surface area contributed by atoms with Crippen LogP contribution in [-0.4, -0.2) is 37.1 Å². The van der Waals surface area contributed by atoms with Gasteiger partial charge in [-0.25, -0.2) is 0 Å². The van der Waals surface area contributed by atoms with Crippen LogP contribution in [0.15, 0.2) is 30.3 Å². The summed E-state index contributed by atoms with van der Waals surface area (Å²) in [6, 6.07) is 11.6. The predicted octanol–water partition coefficient (Wildman–Crippen LogP) is 3.67. The van der Waals surface area contributed by atoms with Crippen molar-refractivity contribution in [2.75, 3.05) is 26.2 Å². The normalized spacial score (nSPS) is 18.2. The number of hydrogen-bond donors (Lipinski definition) is 1. The highest BCUT2D eigenvalue weighted by molar-refractivity contribution is 5.25. The second kappa shape index (κ2) is 7.42. The first kappa shape index (κ1) is 16.5. The molecular weight excluding hydrogens is 256 g/mol. The second-order valence-electron chi connectivity index (χ2n) is 7.17. The number of nitrogens with zero attached hydrogens (tertiary/aromatic N) is 1. The Morgan fingerprint density at radius 3 is 2.43 bits per heavy atom. The molecule has 1 saturated carbocycles.